The summed E-state index contributed by atoms with van der Waals surface area (Å²) in [6, 6.07) is 7.49. The van der Waals surface area contributed by atoms with Gasteiger partial charge in [-0.05, 0) is 66.8 Å². The topological polar surface area (TPSA) is 180 Å². The van der Waals surface area contributed by atoms with Gasteiger partial charge in [0.1, 0.15) is 16.3 Å². The number of phenols is 1. The molecule has 3 aromatic carbocycles. The number of rotatable bonds is 4. The zero-order chi connectivity index (χ0) is 22.4. The van der Waals surface area contributed by atoms with Crippen molar-refractivity contribution in [3.63, 3.8) is 0 Å². The second kappa shape index (κ2) is 7.32. The summed E-state index contributed by atoms with van der Waals surface area (Å²) in [5, 5.41) is 19.1. The molecule has 12 heteroatoms. The Labute approximate surface area is 172 Å². The number of benzene rings is 3. The Bertz CT molecular complexity index is 1430. The van der Waals surface area contributed by atoms with Gasteiger partial charge in [0.25, 0.3) is 20.2 Å². The molecule has 0 unspecified atom stereocenters. The number of hydrogen-bond acceptors (Lipinski definition) is 8. The van der Waals surface area contributed by atoms with Crippen LogP contribution in [-0.4, -0.2) is 31.0 Å². The maximum Gasteiger partial charge on any atom is 0.296 e. The Hall–Kier alpha value is -3.06. The molecule has 10 nitrogen and oxygen atoms in total. The lowest BCUT2D eigenvalue weighted by Crippen LogP contribution is -1.99. The number of phenolic OH excluding ortho intramolecular Hbond substituents is 1. The number of anilines is 1. The Kier molecular flexibility index (Phi) is 5.28. The Morgan fingerprint density at radius 3 is 2.13 bits per heavy atom. The zero-order valence-electron chi connectivity index (χ0n) is 15.7. The van der Waals surface area contributed by atoms with Gasteiger partial charge in [0.2, 0.25) is 0 Å². The zero-order valence-corrected chi connectivity index (χ0v) is 17.4. The van der Waals surface area contributed by atoms with Crippen LogP contribution in [0.4, 0.5) is 17.1 Å². The van der Waals surface area contributed by atoms with E-state index in [0.29, 0.717) is 16.5 Å². The van der Waals surface area contributed by atoms with E-state index in [1.165, 1.54) is 30.3 Å². The molecule has 5 N–H and O–H groups in total. The van der Waals surface area contributed by atoms with E-state index in [0.717, 1.165) is 6.07 Å². The quantitative estimate of drug-likeness (QED) is 0.263. The van der Waals surface area contributed by atoms with Crippen molar-refractivity contribution in [1.29, 1.82) is 0 Å². The first-order chi connectivity index (χ1) is 13.8. The third-order valence-electron chi connectivity index (χ3n) is 4.36. The Morgan fingerprint density at radius 1 is 0.867 bits per heavy atom. The second-order valence-corrected chi connectivity index (χ2v) is 9.42. The van der Waals surface area contributed by atoms with E-state index in [-0.39, 0.29) is 33.1 Å². The minimum atomic E-state index is -4.59. The standard InChI is InChI=1S/C18H17N3O7S2/c1-9-6-13(29(23,24)25)7-11-5-10(2)17(18(22)16(9)11)21-20-14-8-12(19)3-4-15(14)30(26,27)28/h3-8,22H,19H2,1-2H3,(H,23,24,25)(H,26,27,28). The molecule has 0 saturated carbocycles. The lowest BCUT2D eigenvalue weighted by atomic mass is 10.0. The summed E-state index contributed by atoms with van der Waals surface area (Å²) in [4.78, 5) is -0.828. The van der Waals surface area contributed by atoms with Crippen molar-refractivity contribution in [2.45, 2.75) is 23.6 Å². The first-order valence-electron chi connectivity index (χ1n) is 8.32. The fraction of sp³-hybridized carbons (Fsp3) is 0.111. The predicted molar refractivity (Wildman–Crippen MR) is 110 cm³/mol. The number of nitrogens with zero attached hydrogens (tertiary/aromatic N) is 2. The van der Waals surface area contributed by atoms with Gasteiger partial charge in [-0.3, -0.25) is 9.11 Å². The molecule has 0 aliphatic rings. The van der Waals surface area contributed by atoms with Crippen molar-refractivity contribution >= 4 is 48.1 Å². The average molecular weight is 451 g/mol. The molecular formula is C18H17N3O7S2. The van der Waals surface area contributed by atoms with Crippen molar-refractivity contribution in [2.75, 3.05) is 5.73 Å². The maximum absolute atomic E-state index is 11.5. The smallest absolute Gasteiger partial charge is 0.296 e. The molecule has 0 amide bonds. The van der Waals surface area contributed by atoms with Crippen LogP contribution in [0.1, 0.15) is 11.1 Å². The van der Waals surface area contributed by atoms with Crippen molar-refractivity contribution in [1.82, 2.24) is 0 Å². The number of azo groups is 1. The van der Waals surface area contributed by atoms with Gasteiger partial charge in [-0.2, -0.15) is 16.8 Å². The van der Waals surface area contributed by atoms with Crippen molar-refractivity contribution < 1.29 is 31.0 Å². The maximum atomic E-state index is 11.5. The largest absolute Gasteiger partial charge is 0.505 e. The van der Waals surface area contributed by atoms with Crippen LogP contribution in [0.25, 0.3) is 10.8 Å². The molecule has 0 aliphatic heterocycles. The van der Waals surface area contributed by atoms with Gasteiger partial charge < -0.3 is 10.8 Å². The highest BCUT2D eigenvalue weighted by Crippen LogP contribution is 2.41. The highest BCUT2D eigenvalue weighted by Gasteiger charge is 2.19. The first-order valence-corrected chi connectivity index (χ1v) is 11.2. The third kappa shape index (κ3) is 4.11. The molecule has 0 aliphatic carbocycles. The molecule has 0 radical (unpaired) electrons. The van der Waals surface area contributed by atoms with Crippen LogP contribution in [-0.2, 0) is 20.2 Å². The van der Waals surface area contributed by atoms with E-state index in [1.54, 1.807) is 13.8 Å². The number of aryl methyl sites for hydroxylation is 2. The van der Waals surface area contributed by atoms with Gasteiger partial charge >= 0.3 is 0 Å². The molecule has 0 spiro atoms. The van der Waals surface area contributed by atoms with Crippen molar-refractivity contribution in [3.8, 4) is 5.75 Å². The normalized spacial score (nSPS) is 12.7. The van der Waals surface area contributed by atoms with Gasteiger partial charge in [-0.15, -0.1) is 10.2 Å². The summed E-state index contributed by atoms with van der Waals surface area (Å²) >= 11 is 0. The van der Waals surface area contributed by atoms with Crippen LogP contribution >= 0.6 is 0 Å². The van der Waals surface area contributed by atoms with Gasteiger partial charge in [0.15, 0.2) is 5.75 Å². The molecule has 0 bridgehead atoms. The Morgan fingerprint density at radius 2 is 1.53 bits per heavy atom. The highest BCUT2D eigenvalue weighted by molar-refractivity contribution is 7.86. The van der Waals surface area contributed by atoms with E-state index in [9.17, 15) is 31.0 Å². The van der Waals surface area contributed by atoms with Crippen LogP contribution in [0, 0.1) is 13.8 Å². The molecule has 0 aromatic heterocycles. The fourth-order valence-electron chi connectivity index (χ4n) is 3.03. The molecule has 3 aromatic rings. The second-order valence-electron chi connectivity index (χ2n) is 6.61. The molecule has 0 fully saturated rings. The highest BCUT2D eigenvalue weighted by atomic mass is 32.2. The van der Waals surface area contributed by atoms with Crippen LogP contribution in [0.3, 0.4) is 0 Å². The molecule has 3 rings (SSSR count). The van der Waals surface area contributed by atoms with Crippen LogP contribution < -0.4 is 5.73 Å². The summed E-state index contributed by atoms with van der Waals surface area (Å²) in [6.45, 7) is 3.12. The molecule has 30 heavy (non-hydrogen) atoms. The lowest BCUT2D eigenvalue weighted by molar-refractivity contribution is 0.479. The fourth-order valence-corrected chi connectivity index (χ4v) is 4.24. The van der Waals surface area contributed by atoms with E-state index < -0.39 is 25.1 Å². The number of nitrogen functional groups attached to an aromatic ring is 1. The number of hydrogen-bond donors (Lipinski definition) is 4. The van der Waals surface area contributed by atoms with Crippen LogP contribution in [0.15, 0.2) is 56.4 Å². The van der Waals surface area contributed by atoms with E-state index in [1.807, 2.05) is 0 Å². The number of fused-ring (bicyclic) bond motifs is 1. The number of nitrogens with two attached hydrogens (primary N) is 1. The summed E-state index contributed by atoms with van der Waals surface area (Å²) in [5.74, 6) is -0.314. The number of aromatic hydroxyl groups is 1. The van der Waals surface area contributed by atoms with E-state index in [2.05, 4.69) is 10.2 Å². The van der Waals surface area contributed by atoms with Gasteiger partial charge in [0.05, 0.1) is 4.90 Å². The molecule has 0 heterocycles. The summed E-state index contributed by atoms with van der Waals surface area (Å²) in [7, 11) is -9.03. The lowest BCUT2D eigenvalue weighted by Gasteiger charge is -2.11. The van der Waals surface area contributed by atoms with Crippen molar-refractivity contribution in [2.24, 2.45) is 10.2 Å². The molecule has 0 atom stereocenters. The van der Waals surface area contributed by atoms with Gasteiger partial charge in [-0.1, -0.05) is 0 Å². The van der Waals surface area contributed by atoms with Gasteiger partial charge in [0, 0.05) is 11.1 Å². The predicted octanol–water partition coefficient (Wildman–Crippen LogP) is 3.65. The van der Waals surface area contributed by atoms with E-state index in [4.69, 9.17) is 5.73 Å². The van der Waals surface area contributed by atoms with Crippen LogP contribution in [0.2, 0.25) is 0 Å². The SMILES string of the molecule is Cc1cc2cc(S(=O)(=O)O)cc(C)c2c(O)c1N=Nc1cc(N)ccc1S(=O)(=O)O. The Balaban J connectivity index is 2.22. The minimum absolute atomic E-state index is 0.00826. The first kappa shape index (κ1) is 21.6. The minimum Gasteiger partial charge on any atom is -0.505 e. The molecule has 0 saturated heterocycles. The van der Waals surface area contributed by atoms with Crippen LogP contribution in [0.5, 0.6) is 5.75 Å². The van der Waals surface area contributed by atoms with E-state index >= 15 is 0 Å². The average Bonchev–Trinajstić information content (AvgIpc) is 2.59. The molecule has 158 valence electrons. The summed E-state index contributed by atoms with van der Waals surface area (Å²) in [5.41, 5.74) is 6.37. The third-order valence-corrected chi connectivity index (χ3v) is 6.10. The summed E-state index contributed by atoms with van der Waals surface area (Å²) in [6.07, 6.45) is 0. The van der Waals surface area contributed by atoms with Gasteiger partial charge in [-0.25, -0.2) is 0 Å². The van der Waals surface area contributed by atoms with Crippen molar-refractivity contribution in [3.05, 3.63) is 47.5 Å². The monoisotopic (exact) mass is 451 g/mol. The molecular weight excluding hydrogens is 434 g/mol. The summed E-state index contributed by atoms with van der Waals surface area (Å²) < 4.78 is 64.6.